The molecule has 1 aromatic rings. The summed E-state index contributed by atoms with van der Waals surface area (Å²) in [6, 6.07) is 7.16. The molecule has 110 valence electrons. The Bertz CT molecular complexity index is 625. The molecule has 2 rings (SSSR count). The van der Waals surface area contributed by atoms with E-state index in [4.69, 9.17) is 11.6 Å². The lowest BCUT2D eigenvalue weighted by Gasteiger charge is -2.37. The van der Waals surface area contributed by atoms with E-state index in [2.05, 4.69) is 0 Å². The minimum absolute atomic E-state index is 0.0291. The van der Waals surface area contributed by atoms with Gasteiger partial charge in [0.05, 0.1) is 16.9 Å². The molecule has 4 nitrogen and oxygen atoms in total. The number of carbonyl (C=O) groups excluding carboxylic acids is 1. The minimum atomic E-state index is -3.12. The molecule has 0 saturated carbocycles. The molecule has 6 heteroatoms. The number of sulfone groups is 1. The van der Waals surface area contributed by atoms with Crippen LogP contribution in [0, 0.1) is 0 Å². The second-order valence-corrected chi connectivity index (χ2v) is 8.88. The van der Waals surface area contributed by atoms with Crippen LogP contribution in [-0.2, 0) is 21.1 Å². The SMILES string of the molecule is CC1(C)CN(C(=O)Cc2cccc(Cl)c2)CCS1(=O)=O. The van der Waals surface area contributed by atoms with Crippen LogP contribution in [0.5, 0.6) is 0 Å². The van der Waals surface area contributed by atoms with Crippen LogP contribution in [0.2, 0.25) is 5.02 Å². The van der Waals surface area contributed by atoms with Crippen molar-refractivity contribution < 1.29 is 13.2 Å². The first-order valence-corrected chi connectivity index (χ1v) is 8.49. The number of nitrogens with zero attached hydrogens (tertiary/aromatic N) is 1. The van der Waals surface area contributed by atoms with Crippen molar-refractivity contribution in [2.75, 3.05) is 18.8 Å². The van der Waals surface area contributed by atoms with Crippen LogP contribution in [0.25, 0.3) is 0 Å². The molecule has 0 bridgehead atoms. The van der Waals surface area contributed by atoms with Gasteiger partial charge in [-0.15, -0.1) is 0 Å². The van der Waals surface area contributed by atoms with Gasteiger partial charge < -0.3 is 4.90 Å². The summed E-state index contributed by atoms with van der Waals surface area (Å²) in [4.78, 5) is 13.9. The fourth-order valence-electron chi connectivity index (χ4n) is 2.29. The van der Waals surface area contributed by atoms with E-state index in [0.29, 0.717) is 5.02 Å². The van der Waals surface area contributed by atoms with E-state index in [-0.39, 0.29) is 31.2 Å². The van der Waals surface area contributed by atoms with Crippen LogP contribution in [0.1, 0.15) is 19.4 Å². The van der Waals surface area contributed by atoms with Crippen LogP contribution in [0.3, 0.4) is 0 Å². The van der Waals surface area contributed by atoms with Crippen LogP contribution in [0.4, 0.5) is 0 Å². The van der Waals surface area contributed by atoms with Gasteiger partial charge in [0, 0.05) is 18.1 Å². The number of rotatable bonds is 2. The summed E-state index contributed by atoms with van der Waals surface area (Å²) >= 11 is 5.89. The number of carbonyl (C=O) groups is 1. The molecular weight excluding hydrogens is 298 g/mol. The molecule has 0 atom stereocenters. The lowest BCUT2D eigenvalue weighted by atomic mass is 10.1. The molecule has 1 amide bonds. The van der Waals surface area contributed by atoms with Crippen molar-refractivity contribution in [2.45, 2.75) is 25.0 Å². The van der Waals surface area contributed by atoms with Crippen molar-refractivity contribution in [1.82, 2.24) is 4.90 Å². The van der Waals surface area contributed by atoms with Crippen molar-refractivity contribution >= 4 is 27.3 Å². The molecule has 0 aliphatic carbocycles. The maximum absolute atomic E-state index is 12.3. The quantitative estimate of drug-likeness (QED) is 0.838. The van der Waals surface area contributed by atoms with Gasteiger partial charge in [0.25, 0.3) is 0 Å². The third kappa shape index (κ3) is 3.15. The summed E-state index contributed by atoms with van der Waals surface area (Å²) in [6.45, 7) is 3.85. The average molecular weight is 316 g/mol. The maximum atomic E-state index is 12.3. The van der Waals surface area contributed by atoms with Crippen LogP contribution in [-0.4, -0.2) is 42.8 Å². The fraction of sp³-hybridized carbons (Fsp3) is 0.500. The number of hydrogen-bond acceptors (Lipinski definition) is 3. The molecular formula is C14H18ClNO3S. The van der Waals surface area contributed by atoms with Crippen molar-refractivity contribution in [3.8, 4) is 0 Å². The Labute approximate surface area is 124 Å². The zero-order valence-electron chi connectivity index (χ0n) is 11.6. The predicted molar refractivity (Wildman–Crippen MR) is 79.6 cm³/mol. The summed E-state index contributed by atoms with van der Waals surface area (Å²) < 4.78 is 23.0. The molecule has 1 fully saturated rings. The highest BCUT2D eigenvalue weighted by molar-refractivity contribution is 7.92. The van der Waals surface area contributed by atoms with Gasteiger partial charge in [-0.25, -0.2) is 8.42 Å². The highest BCUT2D eigenvalue weighted by Gasteiger charge is 2.41. The zero-order chi connectivity index (χ0) is 15.0. The van der Waals surface area contributed by atoms with E-state index in [1.165, 1.54) is 0 Å². The number of benzene rings is 1. The third-order valence-corrected chi connectivity index (χ3v) is 6.41. The maximum Gasteiger partial charge on any atom is 0.227 e. The standard InChI is InChI=1S/C14H18ClNO3S/c1-14(2)10-16(6-7-20(14,18)19)13(17)9-11-4-3-5-12(15)8-11/h3-5,8H,6-7,9-10H2,1-2H3. The molecule has 0 N–H and O–H groups in total. The largest absolute Gasteiger partial charge is 0.340 e. The van der Waals surface area contributed by atoms with Crippen molar-refractivity contribution in [2.24, 2.45) is 0 Å². The Morgan fingerprint density at radius 2 is 2.10 bits per heavy atom. The normalized spacial score (nSPS) is 20.6. The van der Waals surface area contributed by atoms with Gasteiger partial charge in [0.1, 0.15) is 0 Å². The molecule has 0 aromatic heterocycles. The second kappa shape index (κ2) is 5.37. The fourth-order valence-corrected chi connectivity index (χ4v) is 3.87. The van der Waals surface area contributed by atoms with Crippen LogP contribution in [0.15, 0.2) is 24.3 Å². The Morgan fingerprint density at radius 3 is 2.70 bits per heavy atom. The molecule has 1 heterocycles. The molecule has 20 heavy (non-hydrogen) atoms. The van der Waals surface area contributed by atoms with E-state index in [9.17, 15) is 13.2 Å². The number of hydrogen-bond donors (Lipinski definition) is 0. The van der Waals surface area contributed by atoms with Gasteiger partial charge in [-0.05, 0) is 31.5 Å². The summed E-state index contributed by atoms with van der Waals surface area (Å²) in [5.41, 5.74) is 0.841. The lowest BCUT2D eigenvalue weighted by molar-refractivity contribution is -0.130. The molecule has 1 aliphatic rings. The van der Waals surface area contributed by atoms with Gasteiger partial charge in [-0.3, -0.25) is 4.79 Å². The lowest BCUT2D eigenvalue weighted by Crippen LogP contribution is -2.54. The summed E-state index contributed by atoms with van der Waals surface area (Å²) in [7, 11) is -3.12. The van der Waals surface area contributed by atoms with Gasteiger partial charge in [-0.2, -0.15) is 0 Å². The molecule has 1 aromatic carbocycles. The molecule has 1 aliphatic heterocycles. The first-order chi connectivity index (χ1) is 9.21. The molecule has 0 spiro atoms. The predicted octanol–water partition coefficient (Wildman–Crippen LogP) is 1.92. The highest BCUT2D eigenvalue weighted by Crippen LogP contribution is 2.24. The van der Waals surface area contributed by atoms with Gasteiger partial charge in [0.2, 0.25) is 5.91 Å². The van der Waals surface area contributed by atoms with E-state index in [0.717, 1.165) is 5.56 Å². The van der Waals surface area contributed by atoms with Crippen LogP contribution >= 0.6 is 11.6 Å². The summed E-state index contributed by atoms with van der Waals surface area (Å²) in [6.07, 6.45) is 0.247. The Morgan fingerprint density at radius 1 is 1.40 bits per heavy atom. The van der Waals surface area contributed by atoms with E-state index < -0.39 is 14.6 Å². The average Bonchev–Trinajstić information content (AvgIpc) is 2.32. The highest BCUT2D eigenvalue weighted by atomic mass is 35.5. The topological polar surface area (TPSA) is 54.5 Å². The molecule has 0 unspecified atom stereocenters. The number of halogens is 1. The zero-order valence-corrected chi connectivity index (χ0v) is 13.2. The summed E-state index contributed by atoms with van der Waals surface area (Å²) in [5, 5.41) is 0.594. The first kappa shape index (κ1) is 15.3. The van der Waals surface area contributed by atoms with Crippen molar-refractivity contribution in [3.05, 3.63) is 34.9 Å². The Kier molecular flexibility index (Phi) is 4.12. The first-order valence-electron chi connectivity index (χ1n) is 6.46. The second-order valence-electron chi connectivity index (χ2n) is 5.70. The molecule has 1 saturated heterocycles. The van der Waals surface area contributed by atoms with E-state index >= 15 is 0 Å². The van der Waals surface area contributed by atoms with Crippen LogP contribution < -0.4 is 0 Å². The van der Waals surface area contributed by atoms with Crippen molar-refractivity contribution in [1.29, 1.82) is 0 Å². The Hall–Kier alpha value is -1.07. The summed E-state index contributed by atoms with van der Waals surface area (Å²) in [5.74, 6) is -0.0309. The van der Waals surface area contributed by atoms with E-state index in [1.54, 1.807) is 36.9 Å². The molecule has 0 radical (unpaired) electrons. The van der Waals surface area contributed by atoms with Gasteiger partial charge in [0.15, 0.2) is 9.84 Å². The van der Waals surface area contributed by atoms with E-state index in [1.807, 2.05) is 6.07 Å². The monoisotopic (exact) mass is 315 g/mol. The van der Waals surface area contributed by atoms with Gasteiger partial charge >= 0.3 is 0 Å². The van der Waals surface area contributed by atoms with Gasteiger partial charge in [-0.1, -0.05) is 23.7 Å². The number of amides is 1. The third-order valence-electron chi connectivity index (χ3n) is 3.64. The van der Waals surface area contributed by atoms with Crippen molar-refractivity contribution in [3.63, 3.8) is 0 Å². The Balaban J connectivity index is 2.08. The smallest absolute Gasteiger partial charge is 0.227 e. The minimum Gasteiger partial charge on any atom is -0.340 e.